The summed E-state index contributed by atoms with van der Waals surface area (Å²) in [6.07, 6.45) is 3.37. The maximum absolute atomic E-state index is 13.3. The van der Waals surface area contributed by atoms with Gasteiger partial charge < -0.3 is 5.32 Å². The van der Waals surface area contributed by atoms with Crippen LogP contribution in [0.5, 0.6) is 0 Å². The van der Waals surface area contributed by atoms with Gasteiger partial charge in [0.05, 0.1) is 5.02 Å². The maximum Gasteiger partial charge on any atom is 0.251 e. The van der Waals surface area contributed by atoms with E-state index in [0.717, 1.165) is 25.3 Å². The lowest BCUT2D eigenvalue weighted by molar-refractivity contribution is 0.0944. The molecule has 1 fully saturated rings. The Morgan fingerprint density at radius 3 is 2.79 bits per heavy atom. The Kier molecular flexibility index (Phi) is 5.06. The fraction of sp³-hybridized carbons (Fsp3) is 0.500. The second-order valence-electron chi connectivity index (χ2n) is 4.94. The molecule has 0 heterocycles. The predicted octanol–water partition coefficient (Wildman–Crippen LogP) is 3.86. The van der Waals surface area contributed by atoms with E-state index in [1.54, 1.807) is 0 Å². The van der Waals surface area contributed by atoms with Crippen LogP contribution in [0.3, 0.4) is 0 Å². The molecular formula is C14H16Cl2FNO. The highest BCUT2D eigenvalue weighted by molar-refractivity contribution is 6.30. The van der Waals surface area contributed by atoms with Gasteiger partial charge in [-0.3, -0.25) is 4.79 Å². The van der Waals surface area contributed by atoms with E-state index in [-0.39, 0.29) is 10.9 Å². The zero-order chi connectivity index (χ0) is 13.8. The van der Waals surface area contributed by atoms with Gasteiger partial charge in [0.15, 0.2) is 0 Å². The fourth-order valence-electron chi connectivity index (χ4n) is 2.55. The van der Waals surface area contributed by atoms with E-state index in [0.29, 0.717) is 29.8 Å². The Morgan fingerprint density at radius 2 is 2.11 bits per heavy atom. The number of nitrogens with one attached hydrogen (secondary N) is 1. The Labute approximate surface area is 122 Å². The third kappa shape index (κ3) is 3.61. The minimum atomic E-state index is -0.575. The van der Waals surface area contributed by atoms with Gasteiger partial charge in [-0.25, -0.2) is 4.39 Å². The average molecular weight is 304 g/mol. The second-order valence-corrected chi connectivity index (χ2v) is 5.66. The van der Waals surface area contributed by atoms with Crippen molar-refractivity contribution in [2.75, 3.05) is 12.4 Å². The number of hydrogen-bond donors (Lipinski definition) is 1. The van der Waals surface area contributed by atoms with E-state index in [2.05, 4.69) is 5.32 Å². The predicted molar refractivity (Wildman–Crippen MR) is 75.3 cm³/mol. The van der Waals surface area contributed by atoms with Gasteiger partial charge in [0.25, 0.3) is 5.91 Å². The van der Waals surface area contributed by atoms with Crippen molar-refractivity contribution in [1.82, 2.24) is 5.32 Å². The third-order valence-electron chi connectivity index (χ3n) is 3.72. The number of benzene rings is 1. The normalized spacial score (nSPS) is 22.5. The molecule has 0 aliphatic heterocycles. The lowest BCUT2D eigenvalue weighted by Crippen LogP contribution is -2.31. The van der Waals surface area contributed by atoms with Crippen LogP contribution in [0.4, 0.5) is 4.39 Å². The van der Waals surface area contributed by atoms with Gasteiger partial charge >= 0.3 is 0 Å². The molecular weight excluding hydrogens is 288 g/mol. The van der Waals surface area contributed by atoms with E-state index in [9.17, 15) is 9.18 Å². The van der Waals surface area contributed by atoms with Crippen LogP contribution in [0, 0.1) is 17.7 Å². The Hall–Kier alpha value is -0.800. The lowest BCUT2D eigenvalue weighted by Gasteiger charge is -2.17. The third-order valence-corrected chi connectivity index (χ3v) is 4.42. The summed E-state index contributed by atoms with van der Waals surface area (Å²) in [6, 6.07) is 4.07. The molecule has 5 heteroatoms. The largest absolute Gasteiger partial charge is 0.352 e. The summed E-state index contributed by atoms with van der Waals surface area (Å²) < 4.78 is 13.3. The van der Waals surface area contributed by atoms with E-state index in [4.69, 9.17) is 23.2 Å². The Bertz CT molecular complexity index is 467. The number of halogens is 3. The van der Waals surface area contributed by atoms with Crippen LogP contribution in [-0.2, 0) is 0 Å². The van der Waals surface area contributed by atoms with Crippen LogP contribution in [0.15, 0.2) is 18.2 Å². The molecule has 2 unspecified atom stereocenters. The van der Waals surface area contributed by atoms with Crippen molar-refractivity contribution < 1.29 is 9.18 Å². The molecule has 1 aliphatic rings. The molecule has 0 aromatic heterocycles. The standard InChI is InChI=1S/C14H16Cl2FNO/c15-7-10-2-1-3-11(10)8-18-14(19)9-4-5-12(16)13(17)6-9/h4-6,10-11H,1-3,7-8H2,(H,18,19). The van der Waals surface area contributed by atoms with Gasteiger partial charge in [0.1, 0.15) is 5.82 Å². The zero-order valence-electron chi connectivity index (χ0n) is 10.5. The van der Waals surface area contributed by atoms with Gasteiger partial charge in [-0.15, -0.1) is 11.6 Å². The summed E-state index contributed by atoms with van der Waals surface area (Å²) in [5, 5.41) is 2.87. The maximum atomic E-state index is 13.3. The molecule has 2 nitrogen and oxygen atoms in total. The summed E-state index contributed by atoms with van der Waals surface area (Å²) >= 11 is 11.5. The highest BCUT2D eigenvalue weighted by Gasteiger charge is 2.26. The van der Waals surface area contributed by atoms with Gasteiger partial charge in [-0.2, -0.15) is 0 Å². The molecule has 1 saturated carbocycles. The molecule has 1 amide bonds. The molecule has 1 aromatic carbocycles. The van der Waals surface area contributed by atoms with Crippen LogP contribution < -0.4 is 5.32 Å². The first-order valence-electron chi connectivity index (χ1n) is 6.41. The van der Waals surface area contributed by atoms with Crippen LogP contribution in [0.25, 0.3) is 0 Å². The van der Waals surface area contributed by atoms with Gasteiger partial charge in [0, 0.05) is 18.0 Å². The van der Waals surface area contributed by atoms with Crippen LogP contribution in [-0.4, -0.2) is 18.3 Å². The molecule has 1 aliphatic carbocycles. The second kappa shape index (κ2) is 6.58. The van der Waals surface area contributed by atoms with E-state index < -0.39 is 5.82 Å². The molecule has 0 spiro atoms. The molecule has 19 heavy (non-hydrogen) atoms. The molecule has 2 rings (SSSR count). The fourth-order valence-corrected chi connectivity index (χ4v) is 3.07. The monoisotopic (exact) mass is 303 g/mol. The van der Waals surface area contributed by atoms with Gasteiger partial charge in [-0.1, -0.05) is 18.0 Å². The number of carbonyl (C=O) groups is 1. The van der Waals surface area contributed by atoms with Gasteiger partial charge in [0.2, 0.25) is 0 Å². The minimum Gasteiger partial charge on any atom is -0.352 e. The molecule has 1 aromatic rings. The van der Waals surface area contributed by atoms with Crippen molar-refractivity contribution in [2.45, 2.75) is 19.3 Å². The quantitative estimate of drug-likeness (QED) is 0.841. The van der Waals surface area contributed by atoms with Crippen molar-refractivity contribution in [3.63, 3.8) is 0 Å². The Balaban J connectivity index is 1.92. The lowest BCUT2D eigenvalue weighted by atomic mass is 9.98. The van der Waals surface area contributed by atoms with Crippen molar-refractivity contribution in [1.29, 1.82) is 0 Å². The van der Waals surface area contributed by atoms with Crippen molar-refractivity contribution >= 4 is 29.1 Å². The van der Waals surface area contributed by atoms with Crippen molar-refractivity contribution in [3.8, 4) is 0 Å². The summed E-state index contributed by atoms with van der Waals surface area (Å²) in [4.78, 5) is 11.9. The topological polar surface area (TPSA) is 29.1 Å². The minimum absolute atomic E-state index is 0.0227. The van der Waals surface area contributed by atoms with Crippen molar-refractivity contribution in [3.05, 3.63) is 34.6 Å². The van der Waals surface area contributed by atoms with Gasteiger partial charge in [-0.05, 0) is 42.9 Å². The molecule has 2 atom stereocenters. The molecule has 0 bridgehead atoms. The van der Waals surface area contributed by atoms with Crippen molar-refractivity contribution in [2.24, 2.45) is 11.8 Å². The zero-order valence-corrected chi connectivity index (χ0v) is 12.0. The van der Waals surface area contributed by atoms with Crippen LogP contribution in [0.2, 0.25) is 5.02 Å². The summed E-state index contributed by atoms with van der Waals surface area (Å²) in [7, 11) is 0. The first-order valence-corrected chi connectivity index (χ1v) is 7.32. The molecule has 1 N–H and O–H groups in total. The average Bonchev–Trinajstić information content (AvgIpc) is 2.86. The summed E-state index contributed by atoms with van der Waals surface area (Å²) in [6.45, 7) is 0.598. The number of carbonyl (C=O) groups excluding carboxylic acids is 1. The first-order chi connectivity index (χ1) is 9.11. The number of rotatable bonds is 4. The van der Waals surface area contributed by atoms with E-state index in [1.807, 2.05) is 0 Å². The molecule has 0 saturated heterocycles. The van der Waals surface area contributed by atoms with E-state index >= 15 is 0 Å². The highest BCUT2D eigenvalue weighted by atomic mass is 35.5. The number of hydrogen-bond acceptors (Lipinski definition) is 1. The summed E-state index contributed by atoms with van der Waals surface area (Å²) in [5.41, 5.74) is 0.294. The molecule has 0 radical (unpaired) electrons. The SMILES string of the molecule is O=C(NCC1CCCC1CCl)c1ccc(Cl)c(F)c1. The number of amides is 1. The van der Waals surface area contributed by atoms with E-state index in [1.165, 1.54) is 12.1 Å². The first kappa shape index (κ1) is 14.6. The summed E-state index contributed by atoms with van der Waals surface area (Å²) in [5.74, 6) is 0.697. The van der Waals surface area contributed by atoms with Crippen LogP contribution >= 0.6 is 23.2 Å². The smallest absolute Gasteiger partial charge is 0.251 e. The molecule has 104 valence electrons. The highest BCUT2D eigenvalue weighted by Crippen LogP contribution is 2.32. The van der Waals surface area contributed by atoms with Crippen LogP contribution in [0.1, 0.15) is 29.6 Å². The number of alkyl halides is 1. The Morgan fingerprint density at radius 1 is 1.37 bits per heavy atom.